The average molecular weight is 400 g/mol. The number of pyridine rings is 1. The number of methoxy groups -OCH3 is 1. The fourth-order valence-electron chi connectivity index (χ4n) is 2.56. The van der Waals surface area contributed by atoms with Crippen molar-refractivity contribution in [3.63, 3.8) is 0 Å². The van der Waals surface area contributed by atoms with Gasteiger partial charge in [0.25, 0.3) is 0 Å². The Kier molecular flexibility index (Phi) is 5.81. The number of hydrogen-bond acceptors (Lipinski definition) is 5. The number of hydrogen-bond donors (Lipinski definition) is 1. The standard InChI is InChI=1S/C20H17FN2O4S/c1-27-16-11-14(18-7-4-5-9-22-18)10-15(12-16)19(24)13-23-28(25,26)20-8-3-2-6-17(20)21/h2-12,23H,13H2,1H3. The minimum absolute atomic E-state index is 0.247. The molecule has 0 spiro atoms. The van der Waals surface area contributed by atoms with E-state index in [1.165, 1.54) is 25.3 Å². The molecule has 0 amide bonds. The number of ketones is 1. The van der Waals surface area contributed by atoms with Gasteiger partial charge < -0.3 is 4.74 Å². The normalized spacial score (nSPS) is 11.2. The van der Waals surface area contributed by atoms with Gasteiger partial charge in [0.05, 0.1) is 19.3 Å². The number of ether oxygens (including phenoxy) is 1. The summed E-state index contributed by atoms with van der Waals surface area (Å²) in [7, 11) is -2.70. The molecule has 0 saturated carbocycles. The van der Waals surface area contributed by atoms with Crippen molar-refractivity contribution in [2.24, 2.45) is 0 Å². The monoisotopic (exact) mass is 400 g/mol. The predicted octanol–water partition coefficient (Wildman–Crippen LogP) is 3.06. The Labute approximate surface area is 162 Å². The third-order valence-corrected chi connectivity index (χ3v) is 5.41. The van der Waals surface area contributed by atoms with E-state index in [1.807, 2.05) is 6.07 Å². The first kappa shape index (κ1) is 19.7. The van der Waals surface area contributed by atoms with Crippen molar-refractivity contribution in [2.75, 3.05) is 13.7 Å². The fraction of sp³-hybridized carbons (Fsp3) is 0.100. The number of carbonyl (C=O) groups is 1. The van der Waals surface area contributed by atoms with Crippen LogP contribution in [0.1, 0.15) is 10.4 Å². The highest BCUT2D eigenvalue weighted by molar-refractivity contribution is 7.89. The second-order valence-corrected chi connectivity index (χ2v) is 7.58. The van der Waals surface area contributed by atoms with Gasteiger partial charge in [0.15, 0.2) is 5.78 Å². The highest BCUT2D eigenvalue weighted by Crippen LogP contribution is 2.25. The van der Waals surface area contributed by atoms with Gasteiger partial charge in [-0.15, -0.1) is 0 Å². The summed E-state index contributed by atoms with van der Waals surface area (Å²) in [5.41, 5.74) is 1.54. The van der Waals surface area contributed by atoms with Crippen LogP contribution in [-0.4, -0.2) is 32.8 Å². The Morgan fingerprint density at radius 2 is 1.86 bits per heavy atom. The summed E-state index contributed by atoms with van der Waals surface area (Å²) in [6, 6.07) is 15.2. The third-order valence-electron chi connectivity index (χ3n) is 3.97. The van der Waals surface area contributed by atoms with Gasteiger partial charge in [-0.2, -0.15) is 0 Å². The van der Waals surface area contributed by atoms with E-state index in [0.717, 1.165) is 12.1 Å². The van der Waals surface area contributed by atoms with E-state index >= 15 is 0 Å². The van der Waals surface area contributed by atoms with Crippen LogP contribution in [0.3, 0.4) is 0 Å². The highest BCUT2D eigenvalue weighted by Gasteiger charge is 2.20. The van der Waals surface area contributed by atoms with Crippen LogP contribution in [0.5, 0.6) is 5.75 Å². The lowest BCUT2D eigenvalue weighted by Crippen LogP contribution is -2.30. The first-order valence-electron chi connectivity index (χ1n) is 8.28. The highest BCUT2D eigenvalue weighted by atomic mass is 32.2. The predicted molar refractivity (Wildman–Crippen MR) is 102 cm³/mol. The second kappa shape index (κ2) is 8.28. The molecule has 6 nitrogen and oxygen atoms in total. The lowest BCUT2D eigenvalue weighted by molar-refractivity contribution is 0.0996. The number of halogens is 1. The maximum absolute atomic E-state index is 13.7. The molecule has 0 radical (unpaired) electrons. The zero-order valence-corrected chi connectivity index (χ0v) is 15.7. The summed E-state index contributed by atoms with van der Waals surface area (Å²) < 4.78 is 45.6. The lowest BCUT2D eigenvalue weighted by Gasteiger charge is -2.10. The SMILES string of the molecule is COc1cc(C(=O)CNS(=O)(=O)c2ccccc2F)cc(-c2ccccn2)c1. The van der Waals surface area contributed by atoms with Crippen molar-refractivity contribution < 1.29 is 22.3 Å². The summed E-state index contributed by atoms with van der Waals surface area (Å²) in [4.78, 5) is 16.3. The van der Waals surface area contributed by atoms with E-state index in [-0.39, 0.29) is 5.56 Å². The molecule has 0 fully saturated rings. The number of sulfonamides is 1. The minimum Gasteiger partial charge on any atom is -0.497 e. The summed E-state index contributed by atoms with van der Waals surface area (Å²) in [5.74, 6) is -0.944. The van der Waals surface area contributed by atoms with Crippen LogP contribution in [0.15, 0.2) is 71.8 Å². The van der Waals surface area contributed by atoms with E-state index in [4.69, 9.17) is 4.74 Å². The quantitative estimate of drug-likeness (QED) is 0.616. The lowest BCUT2D eigenvalue weighted by atomic mass is 10.0. The second-order valence-electron chi connectivity index (χ2n) is 5.84. The molecule has 144 valence electrons. The first-order valence-corrected chi connectivity index (χ1v) is 9.77. The van der Waals surface area contributed by atoms with Crippen LogP contribution in [0.2, 0.25) is 0 Å². The Balaban J connectivity index is 1.84. The van der Waals surface area contributed by atoms with Crippen LogP contribution < -0.4 is 9.46 Å². The van der Waals surface area contributed by atoms with Gasteiger partial charge in [-0.25, -0.2) is 17.5 Å². The van der Waals surface area contributed by atoms with Gasteiger partial charge in [-0.05, 0) is 42.5 Å². The molecule has 0 aliphatic rings. The molecule has 3 aromatic rings. The topological polar surface area (TPSA) is 85.4 Å². The van der Waals surface area contributed by atoms with Crippen molar-refractivity contribution in [1.82, 2.24) is 9.71 Å². The molecule has 28 heavy (non-hydrogen) atoms. The van der Waals surface area contributed by atoms with E-state index in [0.29, 0.717) is 17.0 Å². The molecule has 0 bridgehead atoms. The number of benzene rings is 2. The summed E-state index contributed by atoms with van der Waals surface area (Å²) in [5, 5.41) is 0. The van der Waals surface area contributed by atoms with E-state index < -0.39 is 33.1 Å². The molecule has 2 aromatic carbocycles. The first-order chi connectivity index (χ1) is 13.4. The van der Waals surface area contributed by atoms with Crippen molar-refractivity contribution >= 4 is 15.8 Å². The number of Topliss-reactive ketones (excluding diaryl/α,β-unsaturated/α-hetero) is 1. The van der Waals surface area contributed by atoms with Crippen LogP contribution in [0.4, 0.5) is 4.39 Å². The molecule has 1 heterocycles. The Hall–Kier alpha value is -3.10. The molecule has 1 aromatic heterocycles. The van der Waals surface area contributed by atoms with Crippen LogP contribution in [0, 0.1) is 5.82 Å². The number of carbonyl (C=O) groups excluding carboxylic acids is 1. The third kappa shape index (κ3) is 4.41. The van der Waals surface area contributed by atoms with Crippen molar-refractivity contribution in [2.45, 2.75) is 4.90 Å². The zero-order valence-electron chi connectivity index (χ0n) is 14.9. The Morgan fingerprint density at radius 1 is 1.11 bits per heavy atom. The number of rotatable bonds is 7. The molecule has 8 heteroatoms. The summed E-state index contributed by atoms with van der Waals surface area (Å²) in [6.45, 7) is -0.522. The minimum atomic E-state index is -4.16. The van der Waals surface area contributed by atoms with Crippen LogP contribution in [0.25, 0.3) is 11.3 Å². The number of nitrogens with one attached hydrogen (secondary N) is 1. The summed E-state index contributed by atoms with van der Waals surface area (Å²) in [6.07, 6.45) is 1.62. The van der Waals surface area contributed by atoms with Crippen LogP contribution in [-0.2, 0) is 10.0 Å². The average Bonchev–Trinajstić information content (AvgIpc) is 2.72. The molecule has 1 N–H and O–H groups in total. The number of aromatic nitrogens is 1. The van der Waals surface area contributed by atoms with Crippen molar-refractivity contribution in [3.05, 3.63) is 78.2 Å². The van der Waals surface area contributed by atoms with E-state index in [2.05, 4.69) is 9.71 Å². The molecule has 0 saturated heterocycles. The molecule has 3 rings (SSSR count). The van der Waals surface area contributed by atoms with E-state index in [1.54, 1.807) is 30.5 Å². The molecular formula is C20H17FN2O4S. The number of nitrogens with zero attached hydrogens (tertiary/aromatic N) is 1. The van der Waals surface area contributed by atoms with Crippen molar-refractivity contribution in [3.8, 4) is 17.0 Å². The van der Waals surface area contributed by atoms with Gasteiger partial charge in [0.1, 0.15) is 16.5 Å². The molecule has 0 atom stereocenters. The van der Waals surface area contributed by atoms with Gasteiger partial charge in [0.2, 0.25) is 10.0 Å². The maximum atomic E-state index is 13.7. The summed E-state index contributed by atoms with van der Waals surface area (Å²) >= 11 is 0. The molecule has 0 aliphatic carbocycles. The maximum Gasteiger partial charge on any atom is 0.243 e. The largest absolute Gasteiger partial charge is 0.497 e. The Bertz CT molecular complexity index is 1100. The molecular weight excluding hydrogens is 383 g/mol. The van der Waals surface area contributed by atoms with Gasteiger partial charge in [-0.1, -0.05) is 18.2 Å². The van der Waals surface area contributed by atoms with E-state index in [9.17, 15) is 17.6 Å². The zero-order chi connectivity index (χ0) is 20.1. The molecule has 0 unspecified atom stereocenters. The smallest absolute Gasteiger partial charge is 0.243 e. The van der Waals surface area contributed by atoms with Gasteiger partial charge in [0, 0.05) is 17.3 Å². The molecule has 0 aliphatic heterocycles. The van der Waals surface area contributed by atoms with Gasteiger partial charge >= 0.3 is 0 Å². The fourth-order valence-corrected chi connectivity index (χ4v) is 3.62. The van der Waals surface area contributed by atoms with Crippen LogP contribution >= 0.6 is 0 Å². The van der Waals surface area contributed by atoms with Crippen molar-refractivity contribution in [1.29, 1.82) is 0 Å². The Morgan fingerprint density at radius 3 is 2.54 bits per heavy atom. The van der Waals surface area contributed by atoms with Gasteiger partial charge in [-0.3, -0.25) is 9.78 Å².